The lowest BCUT2D eigenvalue weighted by atomic mass is 10.0. The molecule has 3 aromatic rings. The highest BCUT2D eigenvalue weighted by molar-refractivity contribution is 7.87. The number of rotatable bonds is 8. The smallest absolute Gasteiger partial charge is 0.278 e. The van der Waals surface area contributed by atoms with Gasteiger partial charge in [-0.3, -0.25) is 0 Å². The molecule has 0 fully saturated rings. The van der Waals surface area contributed by atoms with Gasteiger partial charge in [-0.1, -0.05) is 56.3 Å². The molecule has 0 aliphatic heterocycles. The molecule has 0 saturated carbocycles. The number of nitrogens with zero attached hydrogens (tertiary/aromatic N) is 2. The van der Waals surface area contributed by atoms with Crippen LogP contribution in [0.15, 0.2) is 54.7 Å². The van der Waals surface area contributed by atoms with E-state index < -0.39 is 10.2 Å². The Morgan fingerprint density at radius 1 is 1.04 bits per heavy atom. The molecule has 1 heterocycles. The molecule has 0 radical (unpaired) electrons. The summed E-state index contributed by atoms with van der Waals surface area (Å²) >= 11 is 0. The van der Waals surface area contributed by atoms with Crippen molar-refractivity contribution in [3.8, 4) is 11.1 Å². The molecule has 3 rings (SSSR count). The highest BCUT2D eigenvalue weighted by Gasteiger charge is 2.14. The van der Waals surface area contributed by atoms with Crippen LogP contribution in [0.25, 0.3) is 22.0 Å². The Morgan fingerprint density at radius 2 is 1.75 bits per heavy atom. The molecule has 0 aliphatic rings. The summed E-state index contributed by atoms with van der Waals surface area (Å²) in [6.07, 6.45) is 2.82. The van der Waals surface area contributed by atoms with Crippen molar-refractivity contribution >= 4 is 21.1 Å². The van der Waals surface area contributed by atoms with Gasteiger partial charge in [0.1, 0.15) is 0 Å². The summed E-state index contributed by atoms with van der Waals surface area (Å²) < 4.78 is 30.0. The molecule has 0 bridgehead atoms. The normalized spacial score (nSPS) is 12.4. The molecule has 0 atom stereocenters. The van der Waals surface area contributed by atoms with E-state index in [2.05, 4.69) is 71.8 Å². The third-order valence-electron chi connectivity index (χ3n) is 4.79. The van der Waals surface area contributed by atoms with Crippen LogP contribution in [0.3, 0.4) is 0 Å². The first-order chi connectivity index (χ1) is 13.3. The summed E-state index contributed by atoms with van der Waals surface area (Å²) in [6.45, 7) is 5.72. The molecule has 28 heavy (non-hydrogen) atoms. The summed E-state index contributed by atoms with van der Waals surface area (Å²) in [4.78, 5) is 0. The minimum atomic E-state index is -3.40. The van der Waals surface area contributed by atoms with E-state index in [4.69, 9.17) is 0 Å². The van der Waals surface area contributed by atoms with Crippen molar-refractivity contribution < 1.29 is 8.42 Å². The van der Waals surface area contributed by atoms with E-state index in [0.29, 0.717) is 18.9 Å². The van der Waals surface area contributed by atoms with E-state index in [0.717, 1.165) is 12.1 Å². The molecular formula is C22H29N3O2S. The molecule has 0 amide bonds. The van der Waals surface area contributed by atoms with Crippen molar-refractivity contribution in [2.45, 2.75) is 26.8 Å². The van der Waals surface area contributed by atoms with Gasteiger partial charge in [0.05, 0.1) is 0 Å². The Bertz CT molecular complexity index is 1040. The predicted octanol–water partition coefficient (Wildman–Crippen LogP) is 3.90. The first kappa shape index (κ1) is 20.6. The fraction of sp³-hybridized carbons (Fsp3) is 0.364. The highest BCUT2D eigenvalue weighted by atomic mass is 32.2. The molecule has 6 heteroatoms. The first-order valence-corrected chi connectivity index (χ1v) is 11.1. The molecule has 0 aliphatic carbocycles. The van der Waals surface area contributed by atoms with Crippen LogP contribution < -0.4 is 4.72 Å². The van der Waals surface area contributed by atoms with Gasteiger partial charge < -0.3 is 4.57 Å². The topological polar surface area (TPSA) is 54.3 Å². The van der Waals surface area contributed by atoms with Crippen LogP contribution in [0.4, 0.5) is 0 Å². The quantitative estimate of drug-likeness (QED) is 0.624. The van der Waals surface area contributed by atoms with E-state index in [9.17, 15) is 8.42 Å². The van der Waals surface area contributed by atoms with Crippen LogP contribution in [-0.2, 0) is 23.2 Å². The van der Waals surface area contributed by atoms with E-state index in [1.165, 1.54) is 40.4 Å². The largest absolute Gasteiger partial charge is 0.347 e. The number of hydrogen-bond acceptors (Lipinski definition) is 2. The van der Waals surface area contributed by atoms with E-state index in [1.54, 1.807) is 0 Å². The van der Waals surface area contributed by atoms with Gasteiger partial charge in [0, 0.05) is 44.3 Å². The van der Waals surface area contributed by atoms with Crippen molar-refractivity contribution in [2.75, 3.05) is 20.6 Å². The number of aromatic nitrogens is 1. The maximum absolute atomic E-state index is 11.9. The third-order valence-corrected chi connectivity index (χ3v) is 6.32. The highest BCUT2D eigenvalue weighted by Crippen LogP contribution is 2.28. The second-order valence-electron chi connectivity index (χ2n) is 7.73. The minimum absolute atomic E-state index is 0.377. The maximum atomic E-state index is 11.9. The zero-order chi connectivity index (χ0) is 20.3. The number of fused-ring (bicyclic) bond motifs is 1. The van der Waals surface area contributed by atoms with E-state index in [1.807, 2.05) is 6.07 Å². The van der Waals surface area contributed by atoms with Crippen LogP contribution in [-0.4, -0.2) is 37.9 Å². The summed E-state index contributed by atoms with van der Waals surface area (Å²) in [5.74, 6) is 0.524. The van der Waals surface area contributed by atoms with E-state index >= 15 is 0 Å². The average Bonchev–Trinajstić information content (AvgIpc) is 2.98. The van der Waals surface area contributed by atoms with Gasteiger partial charge in [-0.25, -0.2) is 4.72 Å². The standard InChI is InChI=1S/C22H29N3O2S/c1-17(2)15-25-16-20(12-13-23-28(26,27)24(3)4)21-11-10-19(14-22(21)25)18-8-6-5-7-9-18/h5-11,14,16-17,23H,12-13,15H2,1-4H3. The summed E-state index contributed by atoms with van der Waals surface area (Å²) in [5.41, 5.74) is 4.75. The molecule has 1 aromatic heterocycles. The van der Waals surface area contributed by atoms with Crippen LogP contribution in [0.1, 0.15) is 19.4 Å². The fourth-order valence-corrected chi connectivity index (χ4v) is 3.98. The minimum Gasteiger partial charge on any atom is -0.347 e. The second kappa shape index (κ2) is 8.47. The van der Waals surface area contributed by atoms with Crippen molar-refractivity contribution in [2.24, 2.45) is 5.92 Å². The Hall–Kier alpha value is -2.15. The van der Waals surface area contributed by atoms with Crippen molar-refractivity contribution in [1.82, 2.24) is 13.6 Å². The SMILES string of the molecule is CC(C)Cn1cc(CCNS(=O)(=O)N(C)C)c2ccc(-c3ccccc3)cc21. The summed E-state index contributed by atoms with van der Waals surface area (Å²) in [5, 5.41) is 1.18. The lowest BCUT2D eigenvalue weighted by Gasteiger charge is -2.11. The number of nitrogens with one attached hydrogen (secondary N) is 1. The first-order valence-electron chi connectivity index (χ1n) is 9.62. The van der Waals surface area contributed by atoms with Crippen LogP contribution in [0.2, 0.25) is 0 Å². The Labute approximate surface area is 168 Å². The molecule has 2 aromatic carbocycles. The number of benzene rings is 2. The summed E-state index contributed by atoms with van der Waals surface area (Å²) in [6, 6.07) is 16.9. The average molecular weight is 400 g/mol. The predicted molar refractivity (Wildman–Crippen MR) is 117 cm³/mol. The van der Waals surface area contributed by atoms with Crippen LogP contribution >= 0.6 is 0 Å². The third kappa shape index (κ3) is 4.63. The Balaban J connectivity index is 1.93. The molecule has 0 unspecified atom stereocenters. The van der Waals surface area contributed by atoms with Gasteiger partial charge in [-0.05, 0) is 35.1 Å². The maximum Gasteiger partial charge on any atom is 0.278 e. The van der Waals surface area contributed by atoms with Crippen LogP contribution in [0.5, 0.6) is 0 Å². The van der Waals surface area contributed by atoms with Gasteiger partial charge in [0.2, 0.25) is 0 Å². The zero-order valence-corrected chi connectivity index (χ0v) is 17.8. The molecule has 150 valence electrons. The van der Waals surface area contributed by atoms with Gasteiger partial charge in [0.15, 0.2) is 0 Å². The van der Waals surface area contributed by atoms with Gasteiger partial charge >= 0.3 is 0 Å². The Kier molecular flexibility index (Phi) is 6.23. The molecular weight excluding hydrogens is 370 g/mol. The molecule has 5 nitrogen and oxygen atoms in total. The summed E-state index contributed by atoms with van der Waals surface area (Å²) in [7, 11) is -0.341. The second-order valence-corrected chi connectivity index (χ2v) is 9.70. The molecule has 1 N–H and O–H groups in total. The van der Waals surface area contributed by atoms with Crippen molar-refractivity contribution in [3.63, 3.8) is 0 Å². The monoisotopic (exact) mass is 399 g/mol. The van der Waals surface area contributed by atoms with Crippen LogP contribution in [0, 0.1) is 5.92 Å². The molecule has 0 spiro atoms. The van der Waals surface area contributed by atoms with Crippen molar-refractivity contribution in [3.05, 3.63) is 60.3 Å². The van der Waals surface area contributed by atoms with Crippen molar-refractivity contribution in [1.29, 1.82) is 0 Å². The fourth-order valence-electron chi connectivity index (χ4n) is 3.37. The lowest BCUT2D eigenvalue weighted by Crippen LogP contribution is -2.36. The van der Waals surface area contributed by atoms with E-state index in [-0.39, 0.29) is 0 Å². The number of hydrogen-bond donors (Lipinski definition) is 1. The van der Waals surface area contributed by atoms with Gasteiger partial charge in [-0.15, -0.1) is 0 Å². The lowest BCUT2D eigenvalue weighted by molar-refractivity contribution is 0.506. The van der Waals surface area contributed by atoms with Gasteiger partial charge in [0.25, 0.3) is 10.2 Å². The molecule has 0 saturated heterocycles. The Morgan fingerprint density at radius 3 is 2.39 bits per heavy atom. The zero-order valence-electron chi connectivity index (χ0n) is 17.0. The van der Waals surface area contributed by atoms with Gasteiger partial charge in [-0.2, -0.15) is 12.7 Å².